The second-order valence-electron chi connectivity index (χ2n) is 4.79. The van der Waals surface area contributed by atoms with Crippen LogP contribution in [0.1, 0.15) is 27.0 Å². The molecule has 98 valence electrons. The molecule has 0 amide bonds. The number of benzene rings is 2. The van der Waals surface area contributed by atoms with Gasteiger partial charge < -0.3 is 10.2 Å². The predicted molar refractivity (Wildman–Crippen MR) is 74.7 cm³/mol. The van der Waals surface area contributed by atoms with Gasteiger partial charge in [-0.3, -0.25) is 0 Å². The molecule has 0 heterocycles. The van der Waals surface area contributed by atoms with Gasteiger partial charge in [0.05, 0.1) is 0 Å². The fourth-order valence-corrected chi connectivity index (χ4v) is 2.15. The number of aromatic carboxylic acids is 1. The monoisotopic (exact) mass is 256 g/mol. The van der Waals surface area contributed by atoms with Gasteiger partial charge in [0.1, 0.15) is 11.3 Å². The lowest BCUT2D eigenvalue weighted by Crippen LogP contribution is -1.97. The zero-order valence-electron chi connectivity index (χ0n) is 11.2. The number of hydrogen-bond acceptors (Lipinski definition) is 2. The molecule has 0 aliphatic rings. The van der Waals surface area contributed by atoms with E-state index in [0.717, 1.165) is 22.3 Å². The average molecular weight is 256 g/mol. The summed E-state index contributed by atoms with van der Waals surface area (Å²) in [5.41, 5.74) is 5.17. The molecule has 0 bridgehead atoms. The molecule has 0 fully saturated rings. The van der Waals surface area contributed by atoms with E-state index < -0.39 is 5.97 Å². The highest BCUT2D eigenvalue weighted by Crippen LogP contribution is 2.30. The van der Waals surface area contributed by atoms with E-state index >= 15 is 0 Å². The SMILES string of the molecule is Cc1cc(C)c(-c2ccc(O)c(C(=O)O)c2)cc1C. The highest BCUT2D eigenvalue weighted by Gasteiger charge is 2.12. The Balaban J connectivity index is 2.63. The first kappa shape index (κ1) is 13.1. The number of aromatic hydroxyl groups is 1. The molecule has 2 aromatic rings. The molecular formula is C16H16O3. The molecule has 0 saturated heterocycles. The third kappa shape index (κ3) is 2.45. The fourth-order valence-electron chi connectivity index (χ4n) is 2.15. The lowest BCUT2D eigenvalue weighted by atomic mass is 9.94. The number of phenols is 1. The summed E-state index contributed by atoms with van der Waals surface area (Å²) in [6.07, 6.45) is 0. The Bertz CT molecular complexity index is 657. The summed E-state index contributed by atoms with van der Waals surface area (Å²) >= 11 is 0. The fraction of sp³-hybridized carbons (Fsp3) is 0.188. The van der Waals surface area contributed by atoms with Gasteiger partial charge in [-0.15, -0.1) is 0 Å². The van der Waals surface area contributed by atoms with Gasteiger partial charge in [0.25, 0.3) is 0 Å². The summed E-state index contributed by atoms with van der Waals surface area (Å²) in [7, 11) is 0. The van der Waals surface area contributed by atoms with Crippen molar-refractivity contribution >= 4 is 5.97 Å². The minimum absolute atomic E-state index is 0.0740. The molecule has 0 aliphatic heterocycles. The third-order valence-electron chi connectivity index (χ3n) is 3.38. The Morgan fingerprint density at radius 2 is 1.58 bits per heavy atom. The molecule has 19 heavy (non-hydrogen) atoms. The molecule has 2 aromatic carbocycles. The topological polar surface area (TPSA) is 57.5 Å². The molecule has 3 nitrogen and oxygen atoms in total. The maximum absolute atomic E-state index is 11.1. The average Bonchev–Trinajstić information content (AvgIpc) is 2.34. The Morgan fingerprint density at radius 3 is 2.21 bits per heavy atom. The number of carbonyl (C=O) groups is 1. The molecule has 0 atom stereocenters. The lowest BCUT2D eigenvalue weighted by Gasteiger charge is -2.11. The molecular weight excluding hydrogens is 240 g/mol. The van der Waals surface area contributed by atoms with Crippen LogP contribution in [0.15, 0.2) is 30.3 Å². The Labute approximate surface area is 112 Å². The van der Waals surface area contributed by atoms with E-state index in [1.165, 1.54) is 17.7 Å². The molecule has 0 aromatic heterocycles. The Kier molecular flexibility index (Phi) is 3.30. The van der Waals surface area contributed by atoms with E-state index in [-0.39, 0.29) is 11.3 Å². The number of rotatable bonds is 2. The van der Waals surface area contributed by atoms with Gasteiger partial charge in [-0.05, 0) is 60.7 Å². The van der Waals surface area contributed by atoms with E-state index in [4.69, 9.17) is 5.11 Å². The highest BCUT2D eigenvalue weighted by atomic mass is 16.4. The van der Waals surface area contributed by atoms with Gasteiger partial charge in [0, 0.05) is 0 Å². The first-order chi connectivity index (χ1) is 8.90. The summed E-state index contributed by atoms with van der Waals surface area (Å²) in [5.74, 6) is -1.33. The Hall–Kier alpha value is -2.29. The minimum atomic E-state index is -1.12. The molecule has 0 radical (unpaired) electrons. The molecule has 3 heteroatoms. The third-order valence-corrected chi connectivity index (χ3v) is 3.38. The van der Waals surface area contributed by atoms with Crippen molar-refractivity contribution in [2.75, 3.05) is 0 Å². The van der Waals surface area contributed by atoms with Crippen molar-refractivity contribution in [2.45, 2.75) is 20.8 Å². The second-order valence-corrected chi connectivity index (χ2v) is 4.79. The van der Waals surface area contributed by atoms with Crippen LogP contribution in [0, 0.1) is 20.8 Å². The van der Waals surface area contributed by atoms with Crippen LogP contribution in [-0.2, 0) is 0 Å². The van der Waals surface area contributed by atoms with Gasteiger partial charge in [0.15, 0.2) is 0 Å². The summed E-state index contributed by atoms with van der Waals surface area (Å²) in [6, 6.07) is 8.79. The number of carboxylic acids is 1. The van der Waals surface area contributed by atoms with Crippen molar-refractivity contribution in [3.8, 4) is 16.9 Å². The number of aryl methyl sites for hydroxylation is 3. The van der Waals surface area contributed by atoms with Crippen LogP contribution in [-0.4, -0.2) is 16.2 Å². The van der Waals surface area contributed by atoms with Crippen LogP contribution in [0.5, 0.6) is 5.75 Å². The molecule has 0 spiro atoms. The maximum Gasteiger partial charge on any atom is 0.339 e. The Morgan fingerprint density at radius 1 is 0.947 bits per heavy atom. The number of carboxylic acid groups (broad SMARTS) is 1. The van der Waals surface area contributed by atoms with Crippen LogP contribution in [0.25, 0.3) is 11.1 Å². The van der Waals surface area contributed by atoms with Gasteiger partial charge in [-0.1, -0.05) is 18.2 Å². The standard InChI is InChI=1S/C16H16O3/c1-9-6-11(3)13(7-10(9)2)12-4-5-15(17)14(8-12)16(18)19/h4-8,17H,1-3H3,(H,18,19). The van der Waals surface area contributed by atoms with E-state index in [2.05, 4.69) is 6.07 Å². The van der Waals surface area contributed by atoms with Crippen molar-refractivity contribution in [3.05, 3.63) is 52.6 Å². The summed E-state index contributed by atoms with van der Waals surface area (Å²) in [6.45, 7) is 6.07. The smallest absolute Gasteiger partial charge is 0.339 e. The molecule has 2 rings (SSSR count). The van der Waals surface area contributed by atoms with E-state index in [1.54, 1.807) is 6.07 Å². The van der Waals surface area contributed by atoms with Gasteiger partial charge in [-0.25, -0.2) is 4.79 Å². The summed E-state index contributed by atoms with van der Waals surface area (Å²) < 4.78 is 0. The summed E-state index contributed by atoms with van der Waals surface area (Å²) in [4.78, 5) is 11.1. The van der Waals surface area contributed by atoms with E-state index in [0.29, 0.717) is 0 Å². The maximum atomic E-state index is 11.1. The van der Waals surface area contributed by atoms with Crippen molar-refractivity contribution in [1.29, 1.82) is 0 Å². The van der Waals surface area contributed by atoms with Crippen molar-refractivity contribution < 1.29 is 15.0 Å². The van der Waals surface area contributed by atoms with Crippen molar-refractivity contribution in [3.63, 3.8) is 0 Å². The van der Waals surface area contributed by atoms with Crippen molar-refractivity contribution in [1.82, 2.24) is 0 Å². The molecule has 0 saturated carbocycles. The highest BCUT2D eigenvalue weighted by molar-refractivity contribution is 5.92. The zero-order valence-corrected chi connectivity index (χ0v) is 11.2. The van der Waals surface area contributed by atoms with Crippen LogP contribution in [0.3, 0.4) is 0 Å². The normalized spacial score (nSPS) is 10.5. The van der Waals surface area contributed by atoms with Gasteiger partial charge in [-0.2, -0.15) is 0 Å². The lowest BCUT2D eigenvalue weighted by molar-refractivity contribution is 0.0694. The molecule has 0 aliphatic carbocycles. The zero-order chi connectivity index (χ0) is 14.2. The number of hydrogen-bond donors (Lipinski definition) is 2. The van der Waals surface area contributed by atoms with Gasteiger partial charge >= 0.3 is 5.97 Å². The first-order valence-electron chi connectivity index (χ1n) is 6.04. The molecule has 2 N–H and O–H groups in total. The van der Waals surface area contributed by atoms with Crippen molar-refractivity contribution in [2.24, 2.45) is 0 Å². The quantitative estimate of drug-likeness (QED) is 0.861. The predicted octanol–water partition coefficient (Wildman–Crippen LogP) is 3.68. The molecule has 0 unspecified atom stereocenters. The van der Waals surface area contributed by atoms with Crippen LogP contribution < -0.4 is 0 Å². The largest absolute Gasteiger partial charge is 0.507 e. The van der Waals surface area contributed by atoms with Crippen LogP contribution in [0.2, 0.25) is 0 Å². The first-order valence-corrected chi connectivity index (χ1v) is 6.04. The minimum Gasteiger partial charge on any atom is -0.507 e. The summed E-state index contributed by atoms with van der Waals surface area (Å²) in [5, 5.41) is 18.6. The van der Waals surface area contributed by atoms with E-state index in [9.17, 15) is 9.90 Å². The van der Waals surface area contributed by atoms with Gasteiger partial charge in [0.2, 0.25) is 0 Å². The second kappa shape index (κ2) is 4.76. The van der Waals surface area contributed by atoms with Crippen LogP contribution >= 0.6 is 0 Å². The van der Waals surface area contributed by atoms with E-state index in [1.807, 2.05) is 26.8 Å². The van der Waals surface area contributed by atoms with Crippen LogP contribution in [0.4, 0.5) is 0 Å².